The molecule has 18 heavy (non-hydrogen) atoms. The van der Waals surface area contributed by atoms with E-state index in [4.69, 9.17) is 10.5 Å². The largest absolute Gasteiger partial charge is 0.494 e. The lowest BCUT2D eigenvalue weighted by Gasteiger charge is -2.06. The number of para-hydroxylation sites is 1. The van der Waals surface area contributed by atoms with Crippen molar-refractivity contribution in [2.24, 2.45) is 0 Å². The van der Waals surface area contributed by atoms with Crippen LogP contribution < -0.4 is 16.0 Å². The van der Waals surface area contributed by atoms with Gasteiger partial charge in [0.05, 0.1) is 18.0 Å². The van der Waals surface area contributed by atoms with Crippen molar-refractivity contribution in [3.63, 3.8) is 0 Å². The zero-order valence-corrected chi connectivity index (χ0v) is 9.60. The number of hydrogen-bond acceptors (Lipinski definition) is 5. The average molecular weight is 242 g/mol. The topological polar surface area (TPSA) is 93.9 Å². The Bertz CT molecular complexity index is 810. The number of pyridine rings is 1. The van der Waals surface area contributed by atoms with Crippen LogP contribution in [0.25, 0.3) is 21.8 Å². The third kappa shape index (κ3) is 1.39. The van der Waals surface area contributed by atoms with E-state index in [1.54, 1.807) is 13.2 Å². The predicted molar refractivity (Wildman–Crippen MR) is 68.6 cm³/mol. The number of nitrogens with zero attached hydrogens (tertiary/aromatic N) is 2. The fraction of sp³-hybridized carbons (Fsp3) is 0.0833. The number of hydrogen-bond donors (Lipinski definition) is 2. The second kappa shape index (κ2) is 3.69. The van der Waals surface area contributed by atoms with Gasteiger partial charge in [-0.15, -0.1) is 0 Å². The molecular formula is C12H10N4O2. The Kier molecular flexibility index (Phi) is 2.16. The SMILES string of the molecule is COc1cccc2c1ncc1c(=O)[nH]c(N)nc12. The fourth-order valence-electron chi connectivity index (χ4n) is 1.97. The maximum atomic E-state index is 11.8. The number of fused-ring (bicyclic) bond motifs is 3. The normalized spacial score (nSPS) is 10.9. The maximum Gasteiger partial charge on any atom is 0.261 e. The summed E-state index contributed by atoms with van der Waals surface area (Å²) in [4.78, 5) is 22.6. The highest BCUT2D eigenvalue weighted by molar-refractivity contribution is 6.04. The van der Waals surface area contributed by atoms with Crippen LogP contribution in [0.5, 0.6) is 5.75 Å². The molecule has 0 aliphatic rings. The highest BCUT2D eigenvalue weighted by Crippen LogP contribution is 2.27. The number of rotatable bonds is 1. The van der Waals surface area contributed by atoms with E-state index in [0.717, 1.165) is 5.39 Å². The molecule has 0 unspecified atom stereocenters. The first-order chi connectivity index (χ1) is 8.70. The van der Waals surface area contributed by atoms with Gasteiger partial charge in [-0.2, -0.15) is 0 Å². The lowest BCUT2D eigenvalue weighted by Crippen LogP contribution is -2.11. The van der Waals surface area contributed by atoms with Crippen LogP contribution in [-0.4, -0.2) is 22.1 Å². The first-order valence-corrected chi connectivity index (χ1v) is 5.32. The molecule has 0 radical (unpaired) electrons. The Hall–Kier alpha value is -2.63. The number of H-pyrrole nitrogens is 1. The van der Waals surface area contributed by atoms with Crippen LogP contribution in [-0.2, 0) is 0 Å². The second-order valence-corrected chi connectivity index (χ2v) is 3.83. The first-order valence-electron chi connectivity index (χ1n) is 5.32. The number of benzene rings is 1. The molecule has 90 valence electrons. The molecule has 0 atom stereocenters. The van der Waals surface area contributed by atoms with Crippen molar-refractivity contribution < 1.29 is 4.74 Å². The Labute approximate surface area is 101 Å². The smallest absolute Gasteiger partial charge is 0.261 e. The van der Waals surface area contributed by atoms with Gasteiger partial charge in [-0.1, -0.05) is 12.1 Å². The zero-order chi connectivity index (χ0) is 12.7. The van der Waals surface area contributed by atoms with Crippen LogP contribution in [0.4, 0.5) is 5.95 Å². The molecule has 0 bridgehead atoms. The van der Waals surface area contributed by atoms with E-state index < -0.39 is 0 Å². The Balaban J connectivity index is 2.58. The van der Waals surface area contributed by atoms with Gasteiger partial charge in [0.15, 0.2) is 0 Å². The predicted octanol–water partition coefficient (Wildman–Crippen LogP) is 1.06. The molecule has 3 rings (SSSR count). The van der Waals surface area contributed by atoms with Gasteiger partial charge >= 0.3 is 0 Å². The van der Waals surface area contributed by atoms with Crippen molar-refractivity contribution in [1.82, 2.24) is 15.0 Å². The number of methoxy groups -OCH3 is 1. The minimum atomic E-state index is -0.297. The second-order valence-electron chi connectivity index (χ2n) is 3.83. The van der Waals surface area contributed by atoms with E-state index in [9.17, 15) is 4.79 Å². The summed E-state index contributed by atoms with van der Waals surface area (Å²) in [6.07, 6.45) is 1.48. The summed E-state index contributed by atoms with van der Waals surface area (Å²) >= 11 is 0. The molecule has 0 fully saturated rings. The van der Waals surface area contributed by atoms with Gasteiger partial charge in [0.1, 0.15) is 11.3 Å². The molecule has 6 heteroatoms. The first kappa shape index (κ1) is 10.5. The molecule has 0 amide bonds. The highest BCUT2D eigenvalue weighted by Gasteiger charge is 2.10. The summed E-state index contributed by atoms with van der Waals surface area (Å²) in [5.41, 5.74) is 6.46. The minimum absolute atomic E-state index is 0.0859. The number of aromatic amines is 1. The molecule has 6 nitrogen and oxygen atoms in total. The van der Waals surface area contributed by atoms with Crippen LogP contribution in [0.1, 0.15) is 0 Å². The van der Waals surface area contributed by atoms with Crippen LogP contribution in [0, 0.1) is 0 Å². The van der Waals surface area contributed by atoms with Crippen molar-refractivity contribution >= 4 is 27.8 Å². The molecule has 0 aliphatic heterocycles. The summed E-state index contributed by atoms with van der Waals surface area (Å²) in [7, 11) is 1.57. The van der Waals surface area contributed by atoms with E-state index in [0.29, 0.717) is 22.2 Å². The Morgan fingerprint density at radius 1 is 1.28 bits per heavy atom. The van der Waals surface area contributed by atoms with Gasteiger partial charge in [0.2, 0.25) is 5.95 Å². The van der Waals surface area contributed by atoms with E-state index in [2.05, 4.69) is 15.0 Å². The molecule has 1 aromatic carbocycles. The monoisotopic (exact) mass is 242 g/mol. The average Bonchev–Trinajstić information content (AvgIpc) is 2.37. The van der Waals surface area contributed by atoms with E-state index in [1.165, 1.54) is 6.20 Å². The maximum absolute atomic E-state index is 11.8. The van der Waals surface area contributed by atoms with Crippen molar-refractivity contribution in [2.45, 2.75) is 0 Å². The van der Waals surface area contributed by atoms with Gasteiger partial charge in [-0.25, -0.2) is 4.98 Å². The van der Waals surface area contributed by atoms with E-state index >= 15 is 0 Å². The summed E-state index contributed by atoms with van der Waals surface area (Å²) < 4.78 is 5.23. The van der Waals surface area contributed by atoms with Crippen molar-refractivity contribution in [3.8, 4) is 5.75 Å². The molecule has 0 spiro atoms. The molecular weight excluding hydrogens is 232 g/mol. The van der Waals surface area contributed by atoms with Gasteiger partial charge in [-0.05, 0) is 6.07 Å². The molecule has 0 saturated carbocycles. The highest BCUT2D eigenvalue weighted by atomic mass is 16.5. The summed E-state index contributed by atoms with van der Waals surface area (Å²) in [5, 5.41) is 1.15. The number of nitrogens with one attached hydrogen (secondary N) is 1. The Morgan fingerprint density at radius 2 is 2.11 bits per heavy atom. The zero-order valence-electron chi connectivity index (χ0n) is 9.60. The van der Waals surface area contributed by atoms with Crippen LogP contribution >= 0.6 is 0 Å². The molecule has 0 saturated heterocycles. The van der Waals surface area contributed by atoms with Gasteiger partial charge in [-0.3, -0.25) is 14.8 Å². The van der Waals surface area contributed by atoms with Gasteiger partial charge in [0, 0.05) is 11.6 Å². The number of anilines is 1. The number of nitrogen functional groups attached to an aromatic ring is 1. The fourth-order valence-corrected chi connectivity index (χ4v) is 1.97. The van der Waals surface area contributed by atoms with Crippen LogP contribution in [0.15, 0.2) is 29.2 Å². The standard InChI is InChI=1S/C12H10N4O2/c1-18-8-4-2-3-6-9-7(5-14-10(6)8)11(17)16-12(13)15-9/h2-5H,1H3,(H3,13,15,16,17). The molecule has 0 aliphatic carbocycles. The van der Waals surface area contributed by atoms with Crippen LogP contribution in [0.2, 0.25) is 0 Å². The number of ether oxygens (including phenoxy) is 1. The van der Waals surface area contributed by atoms with Crippen molar-refractivity contribution in [2.75, 3.05) is 12.8 Å². The molecule has 3 aromatic rings. The molecule has 2 aromatic heterocycles. The van der Waals surface area contributed by atoms with Crippen molar-refractivity contribution in [3.05, 3.63) is 34.7 Å². The molecule has 3 N–H and O–H groups in total. The van der Waals surface area contributed by atoms with Gasteiger partial charge < -0.3 is 10.5 Å². The summed E-state index contributed by atoms with van der Waals surface area (Å²) in [5.74, 6) is 0.720. The summed E-state index contributed by atoms with van der Waals surface area (Å²) in [6.45, 7) is 0. The van der Waals surface area contributed by atoms with E-state index in [-0.39, 0.29) is 11.5 Å². The minimum Gasteiger partial charge on any atom is -0.494 e. The number of nitrogens with two attached hydrogens (primary N) is 1. The molecule has 2 heterocycles. The third-order valence-electron chi connectivity index (χ3n) is 2.77. The summed E-state index contributed by atoms with van der Waals surface area (Å²) in [6, 6.07) is 5.46. The van der Waals surface area contributed by atoms with E-state index in [1.807, 2.05) is 12.1 Å². The lowest BCUT2D eigenvalue weighted by atomic mass is 10.1. The van der Waals surface area contributed by atoms with Gasteiger partial charge in [0.25, 0.3) is 5.56 Å². The van der Waals surface area contributed by atoms with Crippen LogP contribution in [0.3, 0.4) is 0 Å². The lowest BCUT2D eigenvalue weighted by molar-refractivity contribution is 0.419. The Morgan fingerprint density at radius 3 is 2.89 bits per heavy atom. The third-order valence-corrected chi connectivity index (χ3v) is 2.77. The van der Waals surface area contributed by atoms with Crippen molar-refractivity contribution in [1.29, 1.82) is 0 Å². The number of aromatic nitrogens is 3. The quantitative estimate of drug-likeness (QED) is 0.622.